The fourth-order valence-corrected chi connectivity index (χ4v) is 0.943. The van der Waals surface area contributed by atoms with Gasteiger partial charge < -0.3 is 0 Å². The Morgan fingerprint density at radius 1 is 1.18 bits per heavy atom. The predicted molar refractivity (Wildman–Crippen MR) is 45.9 cm³/mol. The summed E-state index contributed by atoms with van der Waals surface area (Å²) < 4.78 is 0. The lowest BCUT2D eigenvalue weighted by Crippen LogP contribution is -1.90. The summed E-state index contributed by atoms with van der Waals surface area (Å²) in [4.78, 5) is 0. The standard InChI is InChI=1S/C9H13NO/c1-7(2)8-3-5-9(10-11)6-4-8/h3-7,10-11H,1-2H3. The molecule has 0 aliphatic heterocycles. The van der Waals surface area contributed by atoms with Gasteiger partial charge in [0.1, 0.15) is 0 Å². The summed E-state index contributed by atoms with van der Waals surface area (Å²) in [5, 5.41) is 8.52. The number of hydrogen-bond acceptors (Lipinski definition) is 2. The normalized spacial score (nSPS) is 10.2. The lowest BCUT2D eigenvalue weighted by atomic mass is 10.0. The van der Waals surface area contributed by atoms with E-state index in [4.69, 9.17) is 5.21 Å². The van der Waals surface area contributed by atoms with Gasteiger partial charge in [-0.25, -0.2) is 0 Å². The smallest absolute Gasteiger partial charge is 0.0602 e. The van der Waals surface area contributed by atoms with E-state index in [1.807, 2.05) is 24.3 Å². The van der Waals surface area contributed by atoms with E-state index in [9.17, 15) is 0 Å². The first-order valence-corrected chi connectivity index (χ1v) is 3.74. The van der Waals surface area contributed by atoms with Crippen LogP contribution in [0.1, 0.15) is 25.3 Å². The number of nitrogens with one attached hydrogen (secondary N) is 1. The lowest BCUT2D eigenvalue weighted by molar-refractivity contribution is 0.389. The Balaban J connectivity index is 2.83. The first kappa shape index (κ1) is 8.08. The molecule has 0 amide bonds. The van der Waals surface area contributed by atoms with Gasteiger partial charge in [-0.2, -0.15) is 0 Å². The van der Waals surface area contributed by atoms with Crippen LogP contribution in [-0.2, 0) is 0 Å². The maximum absolute atomic E-state index is 8.52. The maximum Gasteiger partial charge on any atom is 0.0602 e. The van der Waals surface area contributed by atoms with Crippen LogP contribution in [0.5, 0.6) is 0 Å². The molecule has 11 heavy (non-hydrogen) atoms. The molecule has 2 heteroatoms. The zero-order chi connectivity index (χ0) is 8.27. The molecule has 1 aromatic rings. The molecule has 1 aromatic carbocycles. The molecule has 1 rings (SSSR count). The summed E-state index contributed by atoms with van der Waals surface area (Å²) in [7, 11) is 0. The van der Waals surface area contributed by atoms with E-state index in [-0.39, 0.29) is 0 Å². The van der Waals surface area contributed by atoms with Crippen LogP contribution in [0.2, 0.25) is 0 Å². The van der Waals surface area contributed by atoms with E-state index >= 15 is 0 Å². The van der Waals surface area contributed by atoms with Crippen molar-refractivity contribution < 1.29 is 5.21 Å². The van der Waals surface area contributed by atoms with Crippen LogP contribution in [0.4, 0.5) is 5.69 Å². The molecule has 0 spiro atoms. The maximum atomic E-state index is 8.52. The number of rotatable bonds is 2. The van der Waals surface area contributed by atoms with Crippen molar-refractivity contribution in [3.8, 4) is 0 Å². The fourth-order valence-electron chi connectivity index (χ4n) is 0.943. The van der Waals surface area contributed by atoms with E-state index in [1.54, 1.807) is 0 Å². The molecule has 0 saturated carbocycles. The van der Waals surface area contributed by atoms with Crippen molar-refractivity contribution in [1.82, 2.24) is 0 Å². The van der Waals surface area contributed by atoms with E-state index in [0.717, 1.165) is 5.69 Å². The molecule has 0 saturated heterocycles. The van der Waals surface area contributed by atoms with Crippen molar-refractivity contribution in [2.45, 2.75) is 19.8 Å². The summed E-state index contributed by atoms with van der Waals surface area (Å²) in [5.74, 6) is 0.544. The van der Waals surface area contributed by atoms with Crippen LogP contribution < -0.4 is 5.48 Å². The van der Waals surface area contributed by atoms with E-state index in [1.165, 1.54) is 5.56 Å². The van der Waals surface area contributed by atoms with Crippen molar-refractivity contribution in [3.63, 3.8) is 0 Å². The molecule has 0 fully saturated rings. The number of benzene rings is 1. The van der Waals surface area contributed by atoms with Crippen molar-refractivity contribution in [2.24, 2.45) is 0 Å². The highest BCUT2D eigenvalue weighted by Crippen LogP contribution is 2.16. The van der Waals surface area contributed by atoms with Crippen molar-refractivity contribution in [2.75, 3.05) is 5.48 Å². The molecule has 0 heterocycles. The van der Waals surface area contributed by atoms with Gasteiger partial charge in [0.05, 0.1) is 5.69 Å². The van der Waals surface area contributed by atoms with Crippen LogP contribution in [-0.4, -0.2) is 5.21 Å². The Bertz CT molecular complexity index is 216. The molecule has 0 aliphatic carbocycles. The number of anilines is 1. The van der Waals surface area contributed by atoms with E-state index in [0.29, 0.717) is 5.92 Å². The zero-order valence-corrected chi connectivity index (χ0v) is 6.83. The molecule has 0 bridgehead atoms. The van der Waals surface area contributed by atoms with Gasteiger partial charge in [0.25, 0.3) is 0 Å². The van der Waals surface area contributed by atoms with Gasteiger partial charge in [-0.15, -0.1) is 0 Å². The average molecular weight is 151 g/mol. The second kappa shape index (κ2) is 3.39. The van der Waals surface area contributed by atoms with E-state index < -0.39 is 0 Å². The first-order chi connectivity index (χ1) is 5.24. The Kier molecular flexibility index (Phi) is 2.49. The summed E-state index contributed by atoms with van der Waals surface area (Å²) in [5.41, 5.74) is 4.11. The van der Waals surface area contributed by atoms with Crippen LogP contribution >= 0.6 is 0 Å². The Morgan fingerprint density at radius 2 is 1.73 bits per heavy atom. The molecular formula is C9H13NO. The van der Waals surface area contributed by atoms with Gasteiger partial charge >= 0.3 is 0 Å². The Hall–Kier alpha value is -1.02. The third-order valence-electron chi connectivity index (χ3n) is 1.71. The van der Waals surface area contributed by atoms with Gasteiger partial charge in [-0.05, 0) is 23.6 Å². The SMILES string of the molecule is CC(C)c1ccc(NO)cc1. The summed E-state index contributed by atoms with van der Waals surface area (Å²) in [6, 6.07) is 7.72. The van der Waals surface area contributed by atoms with Crippen LogP contribution in [0.15, 0.2) is 24.3 Å². The van der Waals surface area contributed by atoms with Gasteiger partial charge in [0, 0.05) is 0 Å². The summed E-state index contributed by atoms with van der Waals surface area (Å²) >= 11 is 0. The molecule has 2 N–H and O–H groups in total. The Morgan fingerprint density at radius 3 is 2.09 bits per heavy atom. The van der Waals surface area contributed by atoms with Gasteiger partial charge in [-0.3, -0.25) is 10.7 Å². The van der Waals surface area contributed by atoms with E-state index in [2.05, 4.69) is 19.3 Å². The molecule has 0 atom stereocenters. The minimum Gasteiger partial charge on any atom is -0.291 e. The third kappa shape index (κ3) is 1.95. The van der Waals surface area contributed by atoms with Gasteiger partial charge in [-0.1, -0.05) is 26.0 Å². The highest BCUT2D eigenvalue weighted by molar-refractivity contribution is 5.42. The summed E-state index contributed by atoms with van der Waals surface area (Å²) in [6.45, 7) is 4.28. The van der Waals surface area contributed by atoms with Crippen LogP contribution in [0, 0.1) is 0 Å². The molecule has 0 radical (unpaired) electrons. The Labute approximate surface area is 66.8 Å². The second-order valence-electron chi connectivity index (χ2n) is 2.89. The molecule has 0 unspecified atom stereocenters. The van der Waals surface area contributed by atoms with Crippen molar-refractivity contribution >= 4 is 5.69 Å². The average Bonchev–Trinajstić information content (AvgIpc) is 2.05. The minimum atomic E-state index is 0.544. The molecular weight excluding hydrogens is 138 g/mol. The largest absolute Gasteiger partial charge is 0.291 e. The minimum absolute atomic E-state index is 0.544. The molecule has 2 nitrogen and oxygen atoms in total. The monoisotopic (exact) mass is 151 g/mol. The molecule has 60 valence electrons. The molecule has 0 aromatic heterocycles. The molecule has 0 aliphatic rings. The number of hydrogen-bond donors (Lipinski definition) is 2. The van der Waals surface area contributed by atoms with Crippen LogP contribution in [0.25, 0.3) is 0 Å². The van der Waals surface area contributed by atoms with Gasteiger partial charge in [0.15, 0.2) is 0 Å². The topological polar surface area (TPSA) is 32.3 Å². The lowest BCUT2D eigenvalue weighted by Gasteiger charge is -2.05. The van der Waals surface area contributed by atoms with Crippen molar-refractivity contribution in [1.29, 1.82) is 0 Å². The van der Waals surface area contributed by atoms with Gasteiger partial charge in [0.2, 0.25) is 0 Å². The zero-order valence-electron chi connectivity index (χ0n) is 6.83. The quantitative estimate of drug-likeness (QED) is 0.637. The highest BCUT2D eigenvalue weighted by atomic mass is 16.5. The van der Waals surface area contributed by atoms with Crippen LogP contribution in [0.3, 0.4) is 0 Å². The summed E-state index contributed by atoms with van der Waals surface area (Å²) in [6.07, 6.45) is 0. The third-order valence-corrected chi connectivity index (χ3v) is 1.71. The fraction of sp³-hybridized carbons (Fsp3) is 0.333. The second-order valence-corrected chi connectivity index (χ2v) is 2.89. The predicted octanol–water partition coefficient (Wildman–Crippen LogP) is 2.61. The highest BCUT2D eigenvalue weighted by Gasteiger charge is 1.96. The first-order valence-electron chi connectivity index (χ1n) is 3.74. The van der Waals surface area contributed by atoms with Crippen molar-refractivity contribution in [3.05, 3.63) is 29.8 Å².